The topological polar surface area (TPSA) is 38.3 Å². The first-order valence-corrected chi connectivity index (χ1v) is 10.9. The molecule has 0 saturated carbocycles. The lowest BCUT2D eigenvalue weighted by Gasteiger charge is -2.22. The van der Waals surface area contributed by atoms with Crippen molar-refractivity contribution in [2.24, 2.45) is 5.92 Å². The fraction of sp³-hybridized carbons (Fsp3) is 0.708. The Bertz CT molecular complexity index is 508. The molecule has 28 heavy (non-hydrogen) atoms. The molecule has 0 aliphatic rings. The Hall–Kier alpha value is -1.58. The van der Waals surface area contributed by atoms with E-state index in [0.717, 1.165) is 12.0 Å². The van der Waals surface area contributed by atoms with Gasteiger partial charge < -0.3 is 10.1 Å². The number of carbonyl (C=O) groups is 1. The SMILES string of the molecule is CC.CC.CC.CC(C)CCc1cc(C(C)NC(=O)OC(C)(C)C)ccc1F. The summed E-state index contributed by atoms with van der Waals surface area (Å²) in [6.45, 7) is 23.6. The third kappa shape index (κ3) is 15.5. The zero-order chi connectivity index (χ0) is 22.9. The molecule has 0 fully saturated rings. The molecule has 1 unspecified atom stereocenters. The van der Waals surface area contributed by atoms with Crippen molar-refractivity contribution in [2.75, 3.05) is 0 Å². The summed E-state index contributed by atoms with van der Waals surface area (Å²) < 4.78 is 19.1. The molecule has 0 spiro atoms. The Kier molecular flexibility index (Phi) is 19.5. The molecule has 1 aromatic carbocycles. The first-order valence-electron chi connectivity index (χ1n) is 10.9. The Labute approximate surface area is 174 Å². The Morgan fingerprint density at radius 1 is 1.04 bits per heavy atom. The quantitative estimate of drug-likeness (QED) is 0.543. The highest BCUT2D eigenvalue weighted by atomic mass is 19.1. The molecule has 0 aliphatic heterocycles. The number of ether oxygens (including phenoxy) is 1. The zero-order valence-corrected chi connectivity index (χ0v) is 20.5. The third-order valence-corrected chi connectivity index (χ3v) is 3.29. The average molecular weight is 400 g/mol. The van der Waals surface area contributed by atoms with Crippen LogP contribution in [0.2, 0.25) is 0 Å². The number of benzene rings is 1. The van der Waals surface area contributed by atoms with Crippen molar-refractivity contribution in [1.82, 2.24) is 5.32 Å². The van der Waals surface area contributed by atoms with E-state index in [2.05, 4.69) is 19.2 Å². The van der Waals surface area contributed by atoms with E-state index in [9.17, 15) is 9.18 Å². The number of alkyl carbamates (subject to hydrolysis) is 1. The lowest BCUT2D eigenvalue weighted by molar-refractivity contribution is 0.0508. The zero-order valence-electron chi connectivity index (χ0n) is 20.5. The van der Waals surface area contributed by atoms with Gasteiger partial charge in [0.05, 0.1) is 6.04 Å². The van der Waals surface area contributed by atoms with Crippen LogP contribution >= 0.6 is 0 Å². The Balaban J connectivity index is -0.000000946. The highest BCUT2D eigenvalue weighted by molar-refractivity contribution is 5.68. The molecule has 0 aliphatic carbocycles. The van der Waals surface area contributed by atoms with Crippen LogP contribution in [0.25, 0.3) is 0 Å². The van der Waals surface area contributed by atoms with Gasteiger partial charge in [0.2, 0.25) is 0 Å². The lowest BCUT2D eigenvalue weighted by atomic mass is 9.98. The van der Waals surface area contributed by atoms with Crippen LogP contribution in [0.5, 0.6) is 0 Å². The summed E-state index contributed by atoms with van der Waals surface area (Å²) in [5.41, 5.74) is 1.05. The fourth-order valence-corrected chi connectivity index (χ4v) is 2.07. The van der Waals surface area contributed by atoms with Gasteiger partial charge in [-0.05, 0) is 63.6 Å². The van der Waals surface area contributed by atoms with E-state index in [1.165, 1.54) is 6.07 Å². The van der Waals surface area contributed by atoms with Gasteiger partial charge in [-0.2, -0.15) is 0 Å². The van der Waals surface area contributed by atoms with Crippen LogP contribution in [-0.4, -0.2) is 11.7 Å². The minimum atomic E-state index is -0.533. The van der Waals surface area contributed by atoms with Crippen LogP contribution < -0.4 is 5.32 Å². The molecular weight excluding hydrogens is 353 g/mol. The van der Waals surface area contributed by atoms with Crippen molar-refractivity contribution < 1.29 is 13.9 Å². The van der Waals surface area contributed by atoms with Gasteiger partial charge >= 0.3 is 6.09 Å². The van der Waals surface area contributed by atoms with E-state index in [0.29, 0.717) is 17.9 Å². The number of carbonyl (C=O) groups excluding carboxylic acids is 1. The van der Waals surface area contributed by atoms with Gasteiger partial charge in [0, 0.05) is 0 Å². The van der Waals surface area contributed by atoms with Crippen LogP contribution in [0.4, 0.5) is 9.18 Å². The molecule has 166 valence electrons. The van der Waals surface area contributed by atoms with Gasteiger partial charge in [-0.1, -0.05) is 67.5 Å². The second-order valence-electron chi connectivity index (χ2n) is 7.15. The Morgan fingerprint density at radius 3 is 1.96 bits per heavy atom. The van der Waals surface area contributed by atoms with Crippen molar-refractivity contribution in [1.29, 1.82) is 0 Å². The van der Waals surface area contributed by atoms with E-state index in [1.54, 1.807) is 6.07 Å². The minimum Gasteiger partial charge on any atom is -0.444 e. The highest BCUT2D eigenvalue weighted by Crippen LogP contribution is 2.20. The number of halogens is 1. The predicted octanol–water partition coefficient (Wildman–Crippen LogP) is 8.08. The van der Waals surface area contributed by atoms with Gasteiger partial charge in [-0.25, -0.2) is 9.18 Å². The molecule has 1 N–H and O–H groups in total. The van der Waals surface area contributed by atoms with Crippen LogP contribution in [0, 0.1) is 11.7 Å². The summed E-state index contributed by atoms with van der Waals surface area (Å²) in [6, 6.07) is 4.78. The van der Waals surface area contributed by atoms with Crippen molar-refractivity contribution in [3.63, 3.8) is 0 Å². The summed E-state index contributed by atoms with van der Waals surface area (Å²) in [7, 11) is 0. The van der Waals surface area contributed by atoms with Crippen molar-refractivity contribution >= 4 is 6.09 Å². The van der Waals surface area contributed by atoms with Crippen LogP contribution in [0.3, 0.4) is 0 Å². The molecule has 4 heteroatoms. The van der Waals surface area contributed by atoms with Gasteiger partial charge in [0.15, 0.2) is 0 Å². The molecule has 1 rings (SSSR count). The van der Waals surface area contributed by atoms with E-state index in [-0.39, 0.29) is 11.9 Å². The van der Waals surface area contributed by atoms with E-state index in [4.69, 9.17) is 4.74 Å². The Morgan fingerprint density at radius 2 is 1.54 bits per heavy atom. The first-order chi connectivity index (χ1) is 13.1. The predicted molar refractivity (Wildman–Crippen MR) is 121 cm³/mol. The molecule has 0 radical (unpaired) electrons. The van der Waals surface area contributed by atoms with Gasteiger partial charge in [-0.15, -0.1) is 0 Å². The van der Waals surface area contributed by atoms with Gasteiger partial charge in [0.25, 0.3) is 0 Å². The number of hydrogen-bond donors (Lipinski definition) is 1. The molecule has 1 amide bonds. The number of hydrogen-bond acceptors (Lipinski definition) is 2. The maximum absolute atomic E-state index is 13.9. The molecular formula is C24H46FNO2. The second kappa shape index (κ2) is 17.5. The fourth-order valence-electron chi connectivity index (χ4n) is 2.07. The maximum atomic E-state index is 13.9. The maximum Gasteiger partial charge on any atom is 0.408 e. The van der Waals surface area contributed by atoms with Crippen LogP contribution in [0.1, 0.15) is 107 Å². The van der Waals surface area contributed by atoms with Crippen molar-refractivity contribution in [3.8, 4) is 0 Å². The number of nitrogens with one attached hydrogen (secondary N) is 1. The molecule has 0 bridgehead atoms. The molecule has 3 nitrogen and oxygen atoms in total. The number of aryl methyl sites for hydroxylation is 1. The van der Waals surface area contributed by atoms with Crippen LogP contribution in [0.15, 0.2) is 18.2 Å². The standard InChI is InChI=1S/C18H28FNO2.3C2H6/c1-12(2)7-8-15-11-14(9-10-16(15)19)13(3)20-17(21)22-18(4,5)6;3*1-2/h9-13H,7-8H2,1-6H3,(H,20,21);3*1-2H3. The van der Waals surface area contributed by atoms with Crippen molar-refractivity contribution in [3.05, 3.63) is 35.1 Å². The summed E-state index contributed by atoms with van der Waals surface area (Å²) in [4.78, 5) is 11.8. The molecule has 1 aromatic rings. The summed E-state index contributed by atoms with van der Waals surface area (Å²) in [6.07, 6.45) is 1.18. The van der Waals surface area contributed by atoms with E-state index < -0.39 is 11.7 Å². The van der Waals surface area contributed by atoms with E-state index in [1.807, 2.05) is 75.3 Å². The summed E-state index contributed by atoms with van der Waals surface area (Å²) >= 11 is 0. The minimum absolute atomic E-state index is 0.186. The molecule has 0 heterocycles. The largest absolute Gasteiger partial charge is 0.444 e. The monoisotopic (exact) mass is 399 g/mol. The smallest absolute Gasteiger partial charge is 0.408 e. The lowest BCUT2D eigenvalue weighted by Crippen LogP contribution is -2.34. The summed E-state index contributed by atoms with van der Waals surface area (Å²) in [5.74, 6) is 0.342. The second-order valence-corrected chi connectivity index (χ2v) is 7.15. The first kappa shape index (κ1) is 31.1. The number of amides is 1. The highest BCUT2D eigenvalue weighted by Gasteiger charge is 2.18. The molecule has 0 saturated heterocycles. The average Bonchev–Trinajstić information content (AvgIpc) is 2.64. The van der Waals surface area contributed by atoms with Gasteiger partial charge in [-0.3, -0.25) is 0 Å². The van der Waals surface area contributed by atoms with E-state index >= 15 is 0 Å². The molecule has 0 aromatic heterocycles. The summed E-state index contributed by atoms with van der Waals surface area (Å²) in [5, 5.41) is 2.78. The normalized spacial score (nSPS) is 10.9. The third-order valence-electron chi connectivity index (χ3n) is 3.29. The van der Waals surface area contributed by atoms with Crippen molar-refractivity contribution in [2.45, 2.75) is 108 Å². The molecule has 1 atom stereocenters. The number of rotatable bonds is 5. The van der Waals surface area contributed by atoms with Gasteiger partial charge in [0.1, 0.15) is 11.4 Å². The van der Waals surface area contributed by atoms with Crippen LogP contribution in [-0.2, 0) is 11.2 Å².